The largest absolute Gasteiger partial charge is 0.343 e. The average molecular weight is 434 g/mol. The van der Waals surface area contributed by atoms with E-state index in [4.69, 9.17) is 0 Å². The third-order valence-corrected chi connectivity index (χ3v) is 6.60. The van der Waals surface area contributed by atoms with Crippen molar-refractivity contribution >= 4 is 11.6 Å². The van der Waals surface area contributed by atoms with Gasteiger partial charge in [0, 0.05) is 23.6 Å². The van der Waals surface area contributed by atoms with E-state index in [1.807, 2.05) is 60.7 Å². The third kappa shape index (κ3) is 3.24. The van der Waals surface area contributed by atoms with Gasteiger partial charge < -0.3 is 5.32 Å². The maximum absolute atomic E-state index is 13.6. The zero-order valence-electron chi connectivity index (χ0n) is 18.0. The van der Waals surface area contributed by atoms with Crippen molar-refractivity contribution in [2.75, 3.05) is 5.32 Å². The molecule has 33 heavy (non-hydrogen) atoms. The highest BCUT2D eigenvalue weighted by atomic mass is 16.1. The molecule has 0 radical (unpaired) electrons. The van der Waals surface area contributed by atoms with Crippen molar-refractivity contribution in [3.63, 3.8) is 0 Å². The zero-order chi connectivity index (χ0) is 22.4. The first-order valence-corrected chi connectivity index (χ1v) is 11.3. The first-order valence-electron chi connectivity index (χ1n) is 11.3. The molecule has 6 rings (SSSR count). The normalized spacial score (nSPS) is 17.3. The number of aromatic nitrogens is 2. The number of nitrogens with zero attached hydrogens (tertiary/aromatic N) is 1. The number of allylic oxidation sites excluding steroid dienone is 2. The highest BCUT2D eigenvalue weighted by Crippen LogP contribution is 2.43. The van der Waals surface area contributed by atoms with Gasteiger partial charge in [-0.2, -0.15) is 0 Å². The number of Topliss-reactive ketones (excluding diaryl/α,β-unsaturated/α-hetero) is 1. The summed E-state index contributed by atoms with van der Waals surface area (Å²) in [5.41, 5.74) is 6.09. The van der Waals surface area contributed by atoms with E-state index in [1.165, 1.54) is 0 Å². The maximum atomic E-state index is 13.6. The Morgan fingerprint density at radius 2 is 1.42 bits per heavy atom. The zero-order valence-corrected chi connectivity index (χ0v) is 18.0. The van der Waals surface area contributed by atoms with Crippen molar-refractivity contribution in [2.24, 2.45) is 0 Å². The van der Waals surface area contributed by atoms with Gasteiger partial charge in [0.1, 0.15) is 5.82 Å². The number of benzene rings is 3. The van der Waals surface area contributed by atoms with E-state index in [0.29, 0.717) is 17.8 Å². The summed E-state index contributed by atoms with van der Waals surface area (Å²) in [5, 5.41) is 6.63. The molecule has 2 N–H and O–H groups in total. The molecule has 3 aromatic carbocycles. The highest BCUT2D eigenvalue weighted by molar-refractivity contribution is 6.01. The molecule has 162 valence electrons. The number of nitrogens with one attached hydrogen (secondary N) is 2. The lowest BCUT2D eigenvalue weighted by atomic mass is 9.76. The van der Waals surface area contributed by atoms with Crippen molar-refractivity contribution < 1.29 is 4.79 Å². The predicted molar refractivity (Wildman–Crippen MR) is 130 cm³/mol. The van der Waals surface area contributed by atoms with Gasteiger partial charge in [-0.05, 0) is 41.7 Å². The van der Waals surface area contributed by atoms with Gasteiger partial charge in [-0.25, -0.2) is 4.68 Å². The lowest BCUT2D eigenvalue weighted by Crippen LogP contribution is -2.29. The monoisotopic (exact) mass is 433 g/mol. The molecule has 0 spiro atoms. The second-order valence-corrected chi connectivity index (χ2v) is 8.59. The first-order chi connectivity index (χ1) is 16.2. The molecule has 5 nitrogen and oxygen atoms in total. The molecule has 0 amide bonds. The minimum Gasteiger partial charge on any atom is -0.343 e. The molecule has 0 saturated heterocycles. The molecule has 4 aromatic rings. The SMILES string of the molecule is O=C1CCCC2=C1[C@H](c1ccc(-c3ccccc3)cc1)c1c([nH]n(-c3ccccc3)c1=O)N2. The van der Waals surface area contributed by atoms with E-state index in [9.17, 15) is 9.59 Å². The van der Waals surface area contributed by atoms with Gasteiger partial charge in [-0.1, -0.05) is 72.8 Å². The van der Waals surface area contributed by atoms with E-state index in [2.05, 4.69) is 34.7 Å². The number of H-pyrrole nitrogens is 1. The number of hydrogen-bond acceptors (Lipinski definition) is 3. The average Bonchev–Trinajstić information content (AvgIpc) is 3.20. The number of ketones is 1. The van der Waals surface area contributed by atoms with Gasteiger partial charge in [0.2, 0.25) is 0 Å². The van der Waals surface area contributed by atoms with Gasteiger partial charge >= 0.3 is 0 Å². The molecular weight excluding hydrogens is 410 g/mol. The fourth-order valence-corrected chi connectivity index (χ4v) is 5.03. The molecule has 2 heterocycles. The number of carbonyl (C=O) groups excluding carboxylic acids is 1. The Morgan fingerprint density at radius 3 is 2.15 bits per heavy atom. The van der Waals surface area contributed by atoms with Gasteiger partial charge in [-0.15, -0.1) is 0 Å². The summed E-state index contributed by atoms with van der Waals surface area (Å²) in [4.78, 5) is 26.7. The Morgan fingerprint density at radius 1 is 0.758 bits per heavy atom. The van der Waals surface area contributed by atoms with Crippen LogP contribution in [0.5, 0.6) is 0 Å². The van der Waals surface area contributed by atoms with Crippen molar-refractivity contribution in [1.29, 1.82) is 0 Å². The Kier molecular flexibility index (Phi) is 4.61. The van der Waals surface area contributed by atoms with Crippen molar-refractivity contribution in [1.82, 2.24) is 9.78 Å². The van der Waals surface area contributed by atoms with Gasteiger partial charge in [-0.3, -0.25) is 14.7 Å². The number of rotatable bonds is 3. The molecular formula is C28H23N3O2. The van der Waals surface area contributed by atoms with E-state index < -0.39 is 0 Å². The fourth-order valence-electron chi connectivity index (χ4n) is 5.03. The van der Waals surface area contributed by atoms with E-state index in [0.717, 1.165) is 46.5 Å². The Labute approximate surface area is 191 Å². The van der Waals surface area contributed by atoms with Crippen LogP contribution < -0.4 is 10.9 Å². The van der Waals surface area contributed by atoms with E-state index in [1.54, 1.807) is 4.68 Å². The predicted octanol–water partition coefficient (Wildman–Crippen LogP) is 5.40. The maximum Gasteiger partial charge on any atom is 0.277 e. The summed E-state index contributed by atoms with van der Waals surface area (Å²) in [5.74, 6) is 0.412. The molecule has 1 aliphatic heterocycles. The summed E-state index contributed by atoms with van der Waals surface area (Å²) in [6.07, 6.45) is 2.15. The van der Waals surface area contributed by atoms with Crippen LogP contribution in [0.4, 0.5) is 5.82 Å². The van der Waals surface area contributed by atoms with E-state index in [-0.39, 0.29) is 17.3 Å². The second kappa shape index (κ2) is 7.78. The minimum absolute atomic E-state index is 0.124. The molecule has 1 aliphatic carbocycles. The summed E-state index contributed by atoms with van der Waals surface area (Å²) < 4.78 is 1.56. The lowest BCUT2D eigenvalue weighted by molar-refractivity contribution is -0.116. The van der Waals surface area contributed by atoms with Crippen LogP contribution in [-0.4, -0.2) is 15.6 Å². The van der Waals surface area contributed by atoms with Crippen LogP contribution >= 0.6 is 0 Å². The molecule has 0 fully saturated rings. The van der Waals surface area contributed by atoms with Crippen LogP contribution in [0.25, 0.3) is 16.8 Å². The second-order valence-electron chi connectivity index (χ2n) is 8.59. The molecule has 5 heteroatoms. The number of para-hydroxylation sites is 1. The first kappa shape index (κ1) is 19.6. The molecule has 0 saturated carbocycles. The standard InChI is InChI=1S/C28H23N3O2/c32-23-13-7-12-22-25(23)24(20-16-14-19(15-17-20)18-8-3-1-4-9-18)26-27(29-22)30-31(28(26)33)21-10-5-2-6-11-21/h1-6,8-11,14-17,24,29-30H,7,12-13H2/t24-/m0/s1. The summed E-state index contributed by atoms with van der Waals surface area (Å²) in [6, 6.07) is 28.0. The summed E-state index contributed by atoms with van der Waals surface area (Å²) >= 11 is 0. The topological polar surface area (TPSA) is 66.9 Å². The number of carbonyl (C=O) groups is 1. The summed E-state index contributed by atoms with van der Waals surface area (Å²) in [7, 11) is 0. The number of anilines is 1. The Hall–Kier alpha value is -4.12. The molecule has 0 unspecified atom stereocenters. The Balaban J connectivity index is 1.51. The number of aromatic amines is 1. The molecule has 0 bridgehead atoms. The molecule has 1 atom stereocenters. The van der Waals surface area contributed by atoms with Crippen LogP contribution in [0, 0.1) is 0 Å². The highest BCUT2D eigenvalue weighted by Gasteiger charge is 2.38. The van der Waals surface area contributed by atoms with Gasteiger partial charge in [0.05, 0.1) is 11.3 Å². The smallest absolute Gasteiger partial charge is 0.277 e. The van der Waals surface area contributed by atoms with Crippen LogP contribution in [0.3, 0.4) is 0 Å². The quantitative estimate of drug-likeness (QED) is 0.455. The lowest BCUT2D eigenvalue weighted by Gasteiger charge is -2.31. The van der Waals surface area contributed by atoms with Gasteiger partial charge in [0.15, 0.2) is 5.78 Å². The van der Waals surface area contributed by atoms with Crippen LogP contribution in [0.2, 0.25) is 0 Å². The van der Waals surface area contributed by atoms with Crippen molar-refractivity contribution in [3.05, 3.63) is 118 Å². The molecule has 1 aromatic heterocycles. The van der Waals surface area contributed by atoms with Crippen molar-refractivity contribution in [3.8, 4) is 16.8 Å². The number of fused-ring (bicyclic) bond motifs is 1. The molecule has 2 aliphatic rings. The van der Waals surface area contributed by atoms with Crippen LogP contribution in [0.1, 0.15) is 36.3 Å². The minimum atomic E-state index is -0.386. The van der Waals surface area contributed by atoms with Crippen LogP contribution in [-0.2, 0) is 4.79 Å². The van der Waals surface area contributed by atoms with E-state index >= 15 is 0 Å². The summed E-state index contributed by atoms with van der Waals surface area (Å²) in [6.45, 7) is 0. The van der Waals surface area contributed by atoms with Crippen molar-refractivity contribution in [2.45, 2.75) is 25.2 Å². The third-order valence-electron chi connectivity index (χ3n) is 6.60. The number of hydrogen-bond donors (Lipinski definition) is 2. The van der Waals surface area contributed by atoms with Crippen LogP contribution in [0.15, 0.2) is 101 Å². The Bertz CT molecular complexity index is 1430. The van der Waals surface area contributed by atoms with Gasteiger partial charge in [0.25, 0.3) is 5.56 Å². The fraction of sp³-hybridized carbons (Fsp3) is 0.143.